The molecule has 3 rings (SSSR count). The molecule has 3 aromatic rings. The molecule has 1 aromatic heterocycles. The number of benzene rings is 2. The van der Waals surface area contributed by atoms with Crippen LogP contribution in [0.3, 0.4) is 0 Å². The Morgan fingerprint density at radius 3 is 2.47 bits per heavy atom. The van der Waals surface area contributed by atoms with Crippen LogP contribution in [0.5, 0.6) is 0 Å². The number of thioether (sulfide) groups is 1. The minimum absolute atomic E-state index is 0.0208. The van der Waals surface area contributed by atoms with Gasteiger partial charge < -0.3 is 5.32 Å². The summed E-state index contributed by atoms with van der Waals surface area (Å²) in [5.41, 5.74) is -2.83. The van der Waals surface area contributed by atoms with Gasteiger partial charge in [0.1, 0.15) is 12.9 Å². The lowest BCUT2D eigenvalue weighted by Crippen LogP contribution is -2.27. The fourth-order valence-electron chi connectivity index (χ4n) is 2.53. The Balaban J connectivity index is 1.46. The lowest BCUT2D eigenvalue weighted by Gasteiger charge is -2.05. The standard InChI is InChI=1S/C21H18F3N5O2S/c22-21(23,24)32-17-9-6-15(7-10-17)8-11-18(30)27-20-26-14-29(28-20)13-19(31)25-12-16-4-2-1-3-5-16/h1-11,14H,12-13H2,(H,25,31)(H,27,28,30). The van der Waals surface area contributed by atoms with Crippen LogP contribution in [-0.4, -0.2) is 32.1 Å². The third kappa shape index (κ3) is 7.91. The van der Waals surface area contributed by atoms with E-state index in [9.17, 15) is 22.8 Å². The van der Waals surface area contributed by atoms with Crippen molar-refractivity contribution in [2.45, 2.75) is 23.5 Å². The monoisotopic (exact) mass is 461 g/mol. The summed E-state index contributed by atoms with van der Waals surface area (Å²) < 4.78 is 38.3. The number of carbonyl (C=O) groups excluding carboxylic acids is 2. The van der Waals surface area contributed by atoms with Gasteiger partial charge in [-0.1, -0.05) is 42.5 Å². The summed E-state index contributed by atoms with van der Waals surface area (Å²) >= 11 is -0.207. The maximum atomic E-state index is 12.3. The Kier molecular flexibility index (Phi) is 7.66. The number of alkyl halides is 3. The highest BCUT2D eigenvalue weighted by molar-refractivity contribution is 8.00. The van der Waals surface area contributed by atoms with Gasteiger partial charge in [-0.25, -0.2) is 9.67 Å². The number of nitrogens with one attached hydrogen (secondary N) is 2. The van der Waals surface area contributed by atoms with E-state index in [0.29, 0.717) is 12.1 Å². The van der Waals surface area contributed by atoms with Gasteiger partial charge in [0.25, 0.3) is 5.91 Å². The summed E-state index contributed by atoms with van der Waals surface area (Å²) in [5.74, 6) is -0.763. The molecule has 0 bridgehead atoms. The maximum absolute atomic E-state index is 12.3. The molecule has 32 heavy (non-hydrogen) atoms. The summed E-state index contributed by atoms with van der Waals surface area (Å²) in [7, 11) is 0. The molecule has 2 aromatic carbocycles. The Bertz CT molecular complexity index is 1080. The fraction of sp³-hybridized carbons (Fsp3) is 0.143. The van der Waals surface area contributed by atoms with Crippen molar-refractivity contribution in [2.75, 3.05) is 5.32 Å². The molecule has 0 atom stereocenters. The average Bonchev–Trinajstić information content (AvgIpc) is 3.18. The third-order valence-electron chi connectivity index (χ3n) is 3.95. The minimum Gasteiger partial charge on any atom is -0.350 e. The van der Waals surface area contributed by atoms with Gasteiger partial charge in [0, 0.05) is 17.5 Å². The van der Waals surface area contributed by atoms with E-state index in [1.807, 2.05) is 30.3 Å². The summed E-state index contributed by atoms with van der Waals surface area (Å²) in [5, 5.41) is 9.23. The largest absolute Gasteiger partial charge is 0.446 e. The molecule has 11 heteroatoms. The van der Waals surface area contributed by atoms with Crippen LogP contribution in [0, 0.1) is 0 Å². The number of rotatable bonds is 8. The SMILES string of the molecule is O=C(C=Cc1ccc(SC(F)(F)F)cc1)Nc1ncn(CC(=O)NCc2ccccc2)n1. The number of aromatic nitrogens is 3. The van der Waals surface area contributed by atoms with E-state index < -0.39 is 11.4 Å². The molecule has 166 valence electrons. The zero-order valence-electron chi connectivity index (χ0n) is 16.5. The van der Waals surface area contributed by atoms with Crippen LogP contribution < -0.4 is 10.6 Å². The predicted molar refractivity (Wildman–Crippen MR) is 114 cm³/mol. The van der Waals surface area contributed by atoms with Gasteiger partial charge in [0.2, 0.25) is 11.9 Å². The molecule has 2 amide bonds. The molecule has 7 nitrogen and oxygen atoms in total. The van der Waals surface area contributed by atoms with Crippen LogP contribution in [0.1, 0.15) is 11.1 Å². The number of carbonyl (C=O) groups is 2. The van der Waals surface area contributed by atoms with Crippen molar-refractivity contribution in [2.24, 2.45) is 0 Å². The van der Waals surface area contributed by atoms with Gasteiger partial charge in [-0.2, -0.15) is 13.2 Å². The first-order valence-corrected chi connectivity index (χ1v) is 10.1. The molecule has 0 aliphatic carbocycles. The van der Waals surface area contributed by atoms with Gasteiger partial charge in [-0.3, -0.25) is 14.9 Å². The summed E-state index contributed by atoms with van der Waals surface area (Å²) in [6, 6.07) is 15.0. The predicted octanol–water partition coefficient (Wildman–Crippen LogP) is 3.86. The minimum atomic E-state index is -4.35. The van der Waals surface area contributed by atoms with E-state index in [0.717, 1.165) is 5.56 Å². The number of nitrogens with zero attached hydrogens (tertiary/aromatic N) is 3. The second-order valence-corrected chi connectivity index (χ2v) is 7.61. The van der Waals surface area contributed by atoms with Crippen LogP contribution in [0.4, 0.5) is 19.1 Å². The van der Waals surface area contributed by atoms with Crippen LogP contribution in [-0.2, 0) is 22.7 Å². The summed E-state index contributed by atoms with van der Waals surface area (Å²) in [6.45, 7) is 0.326. The van der Waals surface area contributed by atoms with Crippen LogP contribution in [0.2, 0.25) is 0 Å². The highest BCUT2D eigenvalue weighted by atomic mass is 32.2. The molecule has 0 spiro atoms. The molecule has 2 N–H and O–H groups in total. The lowest BCUT2D eigenvalue weighted by molar-refractivity contribution is -0.122. The third-order valence-corrected chi connectivity index (χ3v) is 4.69. The topological polar surface area (TPSA) is 88.9 Å². The van der Waals surface area contributed by atoms with Crippen molar-refractivity contribution >= 4 is 35.6 Å². The second kappa shape index (κ2) is 10.6. The highest BCUT2D eigenvalue weighted by Crippen LogP contribution is 2.36. The second-order valence-electron chi connectivity index (χ2n) is 6.47. The summed E-state index contributed by atoms with van der Waals surface area (Å²) in [6.07, 6.45) is 3.98. The Labute approximate surface area is 185 Å². The van der Waals surface area contributed by atoms with E-state index >= 15 is 0 Å². The molecule has 0 aliphatic rings. The van der Waals surface area contributed by atoms with Gasteiger partial charge in [0.05, 0.1) is 0 Å². The quantitative estimate of drug-likeness (QED) is 0.393. The van der Waals surface area contributed by atoms with Crippen molar-refractivity contribution in [1.29, 1.82) is 0 Å². The van der Waals surface area contributed by atoms with Gasteiger partial charge in [0.15, 0.2) is 0 Å². The Morgan fingerprint density at radius 1 is 1.06 bits per heavy atom. The van der Waals surface area contributed by atoms with Gasteiger partial charge >= 0.3 is 5.51 Å². The first-order chi connectivity index (χ1) is 15.3. The Hall–Kier alpha value is -3.60. The first-order valence-electron chi connectivity index (χ1n) is 9.32. The summed E-state index contributed by atoms with van der Waals surface area (Å²) in [4.78, 5) is 28.0. The number of hydrogen-bond acceptors (Lipinski definition) is 5. The van der Waals surface area contributed by atoms with Crippen molar-refractivity contribution in [1.82, 2.24) is 20.1 Å². The normalized spacial score (nSPS) is 11.5. The van der Waals surface area contributed by atoms with Crippen LogP contribution >= 0.6 is 11.8 Å². The molecule has 0 fully saturated rings. The van der Waals surface area contributed by atoms with Crippen LogP contribution in [0.15, 0.2) is 71.9 Å². The smallest absolute Gasteiger partial charge is 0.350 e. The molecular weight excluding hydrogens is 443 g/mol. The number of amides is 2. The fourth-order valence-corrected chi connectivity index (χ4v) is 3.07. The molecule has 0 unspecified atom stereocenters. The molecule has 0 saturated carbocycles. The number of halogens is 3. The average molecular weight is 461 g/mol. The van der Waals surface area contributed by atoms with Crippen molar-refractivity contribution in [3.63, 3.8) is 0 Å². The van der Waals surface area contributed by atoms with E-state index in [1.54, 1.807) is 0 Å². The molecule has 1 heterocycles. The molecular formula is C21H18F3N5O2S. The zero-order valence-corrected chi connectivity index (χ0v) is 17.4. The van der Waals surface area contributed by atoms with Crippen molar-refractivity contribution in [3.8, 4) is 0 Å². The van der Waals surface area contributed by atoms with E-state index in [1.165, 1.54) is 47.4 Å². The van der Waals surface area contributed by atoms with Gasteiger partial charge in [-0.15, -0.1) is 5.10 Å². The lowest BCUT2D eigenvalue weighted by atomic mass is 10.2. The van der Waals surface area contributed by atoms with Gasteiger partial charge in [-0.05, 0) is 41.1 Å². The van der Waals surface area contributed by atoms with Crippen LogP contribution in [0.25, 0.3) is 6.08 Å². The van der Waals surface area contributed by atoms with Crippen molar-refractivity contribution in [3.05, 3.63) is 78.1 Å². The zero-order chi connectivity index (χ0) is 23.0. The van der Waals surface area contributed by atoms with E-state index in [2.05, 4.69) is 20.7 Å². The van der Waals surface area contributed by atoms with E-state index in [-0.39, 0.29) is 35.1 Å². The molecule has 0 saturated heterocycles. The molecule has 0 radical (unpaired) electrons. The maximum Gasteiger partial charge on any atom is 0.446 e. The highest BCUT2D eigenvalue weighted by Gasteiger charge is 2.28. The van der Waals surface area contributed by atoms with Crippen molar-refractivity contribution < 1.29 is 22.8 Å². The number of anilines is 1. The van der Waals surface area contributed by atoms with E-state index in [4.69, 9.17) is 0 Å². The Morgan fingerprint density at radius 2 is 1.78 bits per heavy atom. The first kappa shape index (κ1) is 23.1. The molecule has 0 aliphatic heterocycles. The number of hydrogen-bond donors (Lipinski definition) is 2.